The highest BCUT2D eigenvalue weighted by Gasteiger charge is 2.65. The monoisotopic (exact) mass is 381 g/mol. The zero-order valence-electron chi connectivity index (χ0n) is 14.9. The highest BCUT2D eigenvalue weighted by atomic mass is 32.2. The smallest absolute Gasteiger partial charge is 0.356 e. The fourth-order valence-corrected chi connectivity index (χ4v) is 7.27. The maximum atomic E-state index is 13.1. The summed E-state index contributed by atoms with van der Waals surface area (Å²) >= 11 is 0. The van der Waals surface area contributed by atoms with Crippen LogP contribution in [0.25, 0.3) is 0 Å². The fourth-order valence-electron chi connectivity index (χ4n) is 5.10. The molecule has 3 aliphatic rings. The van der Waals surface area contributed by atoms with Crippen LogP contribution in [0.1, 0.15) is 49.3 Å². The van der Waals surface area contributed by atoms with Crippen LogP contribution in [0, 0.1) is 16.7 Å². The van der Waals surface area contributed by atoms with E-state index >= 15 is 0 Å². The van der Waals surface area contributed by atoms with Crippen molar-refractivity contribution in [1.82, 2.24) is 14.1 Å². The molecule has 0 saturated heterocycles. The maximum absolute atomic E-state index is 13.1. The van der Waals surface area contributed by atoms with Gasteiger partial charge >= 0.3 is 5.97 Å². The molecule has 0 radical (unpaired) electrons. The summed E-state index contributed by atoms with van der Waals surface area (Å²) in [5.41, 5.74) is -0.606. The summed E-state index contributed by atoms with van der Waals surface area (Å²) in [7, 11) is -3.64. The summed E-state index contributed by atoms with van der Waals surface area (Å²) in [6.45, 7) is 4.70. The van der Waals surface area contributed by atoms with Gasteiger partial charge < -0.3 is 5.11 Å². The molecular formula is C17H23N3O5S. The first-order valence-corrected chi connectivity index (χ1v) is 10.5. The highest BCUT2D eigenvalue weighted by Crippen LogP contribution is 2.64. The summed E-state index contributed by atoms with van der Waals surface area (Å²) in [6.07, 6.45) is 2.03. The van der Waals surface area contributed by atoms with Gasteiger partial charge in [0.1, 0.15) is 5.78 Å². The standard InChI is InChI=1S/C17H23N3O5S/c1-16(2)11-3-4-17(16,14(21)7-11)10-26(24,25)19-5-6-20-12(9-19)8-13(18-20)15(22)23/h8,11H,3-7,9-10H2,1-2H3,(H,22,23)/t11-,17-/m0/s1. The normalized spacial score (nSPS) is 30.5. The van der Waals surface area contributed by atoms with E-state index in [4.69, 9.17) is 5.11 Å². The lowest BCUT2D eigenvalue weighted by Crippen LogP contribution is -2.48. The molecule has 2 bridgehead atoms. The Morgan fingerprint density at radius 1 is 1.38 bits per heavy atom. The van der Waals surface area contributed by atoms with Gasteiger partial charge in [-0.05, 0) is 30.2 Å². The van der Waals surface area contributed by atoms with Gasteiger partial charge in [-0.2, -0.15) is 9.40 Å². The minimum Gasteiger partial charge on any atom is -0.476 e. The first-order valence-electron chi connectivity index (χ1n) is 8.88. The maximum Gasteiger partial charge on any atom is 0.356 e. The van der Waals surface area contributed by atoms with Crippen molar-refractivity contribution < 1.29 is 23.1 Å². The van der Waals surface area contributed by atoms with Crippen LogP contribution in [0.15, 0.2) is 6.07 Å². The van der Waals surface area contributed by atoms with Crippen LogP contribution in [0.3, 0.4) is 0 Å². The van der Waals surface area contributed by atoms with Crippen LogP contribution >= 0.6 is 0 Å². The lowest BCUT2D eigenvalue weighted by molar-refractivity contribution is -0.128. The molecule has 1 N–H and O–H groups in total. The van der Waals surface area contributed by atoms with Crippen molar-refractivity contribution in [2.75, 3.05) is 12.3 Å². The minimum atomic E-state index is -3.64. The SMILES string of the molecule is CC1(C)[C@H]2CC[C@]1(CS(=O)(=O)N1CCn3nc(C(=O)O)cc3C1)C(=O)C2. The lowest BCUT2D eigenvalue weighted by Gasteiger charge is -2.38. The average molecular weight is 381 g/mol. The average Bonchev–Trinajstić information content (AvgIpc) is 3.13. The van der Waals surface area contributed by atoms with Crippen LogP contribution in [0.2, 0.25) is 0 Å². The van der Waals surface area contributed by atoms with E-state index in [2.05, 4.69) is 5.10 Å². The van der Waals surface area contributed by atoms with E-state index in [1.54, 1.807) is 4.68 Å². The second-order valence-corrected chi connectivity index (χ2v) is 10.3. The summed E-state index contributed by atoms with van der Waals surface area (Å²) in [6, 6.07) is 1.42. The van der Waals surface area contributed by atoms with Gasteiger partial charge in [-0.25, -0.2) is 13.2 Å². The van der Waals surface area contributed by atoms with Gasteiger partial charge in [0, 0.05) is 18.4 Å². The molecule has 1 aromatic heterocycles. The molecule has 0 amide bonds. The molecule has 2 atom stereocenters. The summed E-state index contributed by atoms with van der Waals surface area (Å²) in [5, 5.41) is 13.0. The number of fused-ring (bicyclic) bond motifs is 3. The third-order valence-electron chi connectivity index (χ3n) is 6.94. The first kappa shape index (κ1) is 17.7. The number of sulfonamides is 1. The predicted molar refractivity (Wildman–Crippen MR) is 91.9 cm³/mol. The van der Waals surface area contributed by atoms with Crippen molar-refractivity contribution in [2.24, 2.45) is 16.7 Å². The number of aromatic carboxylic acids is 1. The van der Waals surface area contributed by atoms with Crippen molar-refractivity contribution in [2.45, 2.75) is 46.2 Å². The van der Waals surface area contributed by atoms with Gasteiger partial charge in [-0.15, -0.1) is 0 Å². The van der Waals surface area contributed by atoms with Crippen LogP contribution in [-0.2, 0) is 27.9 Å². The van der Waals surface area contributed by atoms with Gasteiger partial charge in [0.2, 0.25) is 10.0 Å². The second kappa shape index (κ2) is 5.39. The van der Waals surface area contributed by atoms with Crippen molar-refractivity contribution in [3.63, 3.8) is 0 Å². The summed E-state index contributed by atoms with van der Waals surface area (Å²) < 4.78 is 29.2. The Bertz CT molecular complexity index is 903. The minimum absolute atomic E-state index is 0.0800. The largest absolute Gasteiger partial charge is 0.476 e. The van der Waals surface area contributed by atoms with E-state index in [-0.39, 0.29) is 41.7 Å². The Hall–Kier alpha value is -1.74. The number of rotatable bonds is 4. The Labute approximate surface area is 152 Å². The number of ketones is 1. The molecule has 1 aromatic rings. The van der Waals surface area contributed by atoms with Gasteiger partial charge in [0.05, 0.1) is 24.5 Å². The topological polar surface area (TPSA) is 110 Å². The third kappa shape index (κ3) is 2.29. The lowest BCUT2D eigenvalue weighted by atomic mass is 9.70. The second-order valence-electron chi connectivity index (χ2n) is 8.31. The highest BCUT2D eigenvalue weighted by molar-refractivity contribution is 7.89. The molecule has 4 rings (SSSR count). The predicted octanol–water partition coefficient (Wildman–Crippen LogP) is 1.12. The summed E-state index contributed by atoms with van der Waals surface area (Å²) in [4.78, 5) is 23.7. The van der Waals surface area contributed by atoms with Crippen LogP contribution < -0.4 is 0 Å². The van der Waals surface area contributed by atoms with Gasteiger partial charge in [-0.3, -0.25) is 9.48 Å². The molecule has 142 valence electrons. The zero-order chi connectivity index (χ0) is 18.9. The molecule has 0 aromatic carbocycles. The molecule has 2 saturated carbocycles. The number of carbonyl (C=O) groups is 2. The van der Waals surface area contributed by atoms with E-state index in [0.717, 1.165) is 6.42 Å². The quantitative estimate of drug-likeness (QED) is 0.837. The zero-order valence-corrected chi connectivity index (χ0v) is 15.8. The number of carbonyl (C=O) groups excluding carboxylic acids is 1. The Balaban J connectivity index is 1.60. The summed E-state index contributed by atoms with van der Waals surface area (Å²) in [5.74, 6) is -0.929. The van der Waals surface area contributed by atoms with Crippen molar-refractivity contribution in [1.29, 1.82) is 0 Å². The van der Waals surface area contributed by atoms with E-state index in [0.29, 0.717) is 25.1 Å². The fraction of sp³-hybridized carbons (Fsp3) is 0.706. The number of carboxylic acid groups (broad SMARTS) is 1. The van der Waals surface area contributed by atoms with E-state index in [9.17, 15) is 18.0 Å². The van der Waals surface area contributed by atoms with Gasteiger partial charge in [0.15, 0.2) is 5.69 Å². The number of carboxylic acids is 1. The van der Waals surface area contributed by atoms with E-state index in [1.165, 1.54) is 10.4 Å². The molecule has 2 heterocycles. The van der Waals surface area contributed by atoms with Crippen LogP contribution in [-0.4, -0.2) is 51.7 Å². The van der Waals surface area contributed by atoms with Gasteiger partial charge in [-0.1, -0.05) is 13.8 Å². The molecule has 1 aliphatic heterocycles. The number of hydrogen-bond acceptors (Lipinski definition) is 5. The molecule has 0 spiro atoms. The molecule has 2 fully saturated rings. The van der Waals surface area contributed by atoms with Crippen molar-refractivity contribution >= 4 is 21.8 Å². The van der Waals surface area contributed by atoms with E-state index in [1.807, 2.05) is 13.8 Å². The van der Waals surface area contributed by atoms with Gasteiger partial charge in [0.25, 0.3) is 0 Å². The van der Waals surface area contributed by atoms with E-state index < -0.39 is 21.4 Å². The van der Waals surface area contributed by atoms with Crippen LogP contribution in [0.4, 0.5) is 0 Å². The molecule has 2 aliphatic carbocycles. The van der Waals surface area contributed by atoms with Crippen molar-refractivity contribution in [3.8, 4) is 0 Å². The molecule has 8 nitrogen and oxygen atoms in total. The first-order chi connectivity index (χ1) is 12.1. The third-order valence-corrected chi connectivity index (χ3v) is 8.90. The Kier molecular flexibility index (Phi) is 3.66. The number of nitrogens with zero attached hydrogens (tertiary/aromatic N) is 3. The molecular weight excluding hydrogens is 358 g/mol. The molecule has 9 heteroatoms. The van der Waals surface area contributed by atoms with Crippen molar-refractivity contribution in [3.05, 3.63) is 17.5 Å². The van der Waals surface area contributed by atoms with Crippen LogP contribution in [0.5, 0.6) is 0 Å². The number of hydrogen-bond donors (Lipinski definition) is 1. The number of aromatic nitrogens is 2. The Morgan fingerprint density at radius 3 is 2.69 bits per heavy atom. The molecule has 0 unspecified atom stereocenters. The number of Topliss-reactive ketones (excluding diaryl/α,β-unsaturated/α-hetero) is 1. The molecule has 26 heavy (non-hydrogen) atoms. The Morgan fingerprint density at radius 2 is 2.12 bits per heavy atom.